The van der Waals surface area contributed by atoms with Crippen molar-refractivity contribution in [3.63, 3.8) is 0 Å². The zero-order chi connectivity index (χ0) is 14.3. The van der Waals surface area contributed by atoms with Crippen LogP contribution in [0.5, 0.6) is 0 Å². The third-order valence-corrected chi connectivity index (χ3v) is 2.80. The van der Waals surface area contributed by atoms with E-state index in [1.807, 2.05) is 0 Å². The summed E-state index contributed by atoms with van der Waals surface area (Å²) in [7, 11) is 0. The van der Waals surface area contributed by atoms with Crippen molar-refractivity contribution in [1.82, 2.24) is 5.32 Å². The molecule has 0 rings (SSSR count). The maximum Gasteiger partial charge on any atom is 0.320 e. The molecule has 0 amide bonds. The largest absolute Gasteiger partial charge is 0.481 e. The van der Waals surface area contributed by atoms with E-state index in [9.17, 15) is 14.4 Å². The molecule has 0 saturated carbocycles. The van der Waals surface area contributed by atoms with Gasteiger partial charge in [-0.3, -0.25) is 19.7 Å². The summed E-state index contributed by atoms with van der Waals surface area (Å²) < 4.78 is 0. The van der Waals surface area contributed by atoms with Crippen LogP contribution in [0.25, 0.3) is 0 Å². The number of hydrogen-bond donors (Lipinski definition) is 4. The van der Waals surface area contributed by atoms with E-state index >= 15 is 0 Å². The van der Waals surface area contributed by atoms with Crippen LogP contribution >= 0.6 is 0 Å². The molecule has 18 heavy (non-hydrogen) atoms. The normalized spacial score (nSPS) is 15.7. The highest BCUT2D eigenvalue weighted by Gasteiger charge is 2.29. The number of rotatable bonds is 9. The summed E-state index contributed by atoms with van der Waals surface area (Å²) in [6.45, 7) is 3.50. The molecule has 0 aromatic heterocycles. The second-order valence-electron chi connectivity index (χ2n) is 4.19. The van der Waals surface area contributed by atoms with Crippen LogP contribution in [0.4, 0.5) is 0 Å². The first-order valence-electron chi connectivity index (χ1n) is 5.73. The zero-order valence-electron chi connectivity index (χ0n) is 10.4. The molecule has 0 aromatic rings. The Morgan fingerprint density at radius 1 is 1.11 bits per heavy atom. The molecule has 0 bridgehead atoms. The number of carboxylic acids is 3. The van der Waals surface area contributed by atoms with Gasteiger partial charge in [-0.15, -0.1) is 0 Å². The van der Waals surface area contributed by atoms with E-state index in [1.54, 1.807) is 13.8 Å². The van der Waals surface area contributed by atoms with Crippen molar-refractivity contribution in [2.75, 3.05) is 0 Å². The summed E-state index contributed by atoms with van der Waals surface area (Å²) in [5.41, 5.74) is 0. The van der Waals surface area contributed by atoms with E-state index in [0.717, 1.165) is 0 Å². The molecule has 3 unspecified atom stereocenters. The number of carbonyl (C=O) groups is 3. The van der Waals surface area contributed by atoms with Gasteiger partial charge in [0.25, 0.3) is 0 Å². The first-order valence-corrected chi connectivity index (χ1v) is 5.73. The second kappa shape index (κ2) is 7.65. The van der Waals surface area contributed by atoms with E-state index in [0.29, 0.717) is 6.42 Å². The molecule has 104 valence electrons. The van der Waals surface area contributed by atoms with E-state index in [2.05, 4.69) is 5.32 Å². The molecule has 0 saturated heterocycles. The Morgan fingerprint density at radius 3 is 2.00 bits per heavy atom. The molecule has 0 aliphatic rings. The first-order chi connectivity index (χ1) is 8.29. The van der Waals surface area contributed by atoms with Crippen LogP contribution in [0.2, 0.25) is 0 Å². The summed E-state index contributed by atoms with van der Waals surface area (Å²) in [5.74, 6) is -3.73. The van der Waals surface area contributed by atoms with Gasteiger partial charge in [0.2, 0.25) is 0 Å². The van der Waals surface area contributed by atoms with Crippen molar-refractivity contribution in [2.24, 2.45) is 5.92 Å². The predicted molar refractivity (Wildman–Crippen MR) is 62.3 cm³/mol. The summed E-state index contributed by atoms with van der Waals surface area (Å²) in [6.07, 6.45) is 0.108. The lowest BCUT2D eigenvalue weighted by Gasteiger charge is -2.24. The maximum atomic E-state index is 11.0. The van der Waals surface area contributed by atoms with Crippen LogP contribution in [0.1, 0.15) is 33.1 Å². The number of carboxylic acid groups (broad SMARTS) is 3. The Labute approximate surface area is 105 Å². The van der Waals surface area contributed by atoms with Crippen molar-refractivity contribution < 1.29 is 29.7 Å². The average Bonchev–Trinajstić information content (AvgIpc) is 2.26. The van der Waals surface area contributed by atoms with Gasteiger partial charge in [-0.25, -0.2) is 0 Å². The van der Waals surface area contributed by atoms with E-state index in [-0.39, 0.29) is 18.8 Å². The fourth-order valence-electron chi connectivity index (χ4n) is 1.48. The number of hydrogen-bond acceptors (Lipinski definition) is 4. The topological polar surface area (TPSA) is 124 Å². The molecule has 0 aliphatic carbocycles. The van der Waals surface area contributed by atoms with Gasteiger partial charge in [-0.05, 0) is 12.3 Å². The molecule has 0 spiro atoms. The molecular weight excluding hydrogens is 242 g/mol. The van der Waals surface area contributed by atoms with Gasteiger partial charge >= 0.3 is 17.9 Å². The monoisotopic (exact) mass is 261 g/mol. The van der Waals surface area contributed by atoms with Crippen molar-refractivity contribution in [1.29, 1.82) is 0 Å². The molecule has 4 N–H and O–H groups in total. The molecule has 3 atom stereocenters. The Kier molecular flexibility index (Phi) is 6.96. The van der Waals surface area contributed by atoms with Crippen LogP contribution in [-0.4, -0.2) is 45.3 Å². The SMILES string of the molecule is CCC(C)C(NC(CCC(=O)O)C(=O)O)C(=O)O. The smallest absolute Gasteiger partial charge is 0.320 e. The Morgan fingerprint density at radius 2 is 1.67 bits per heavy atom. The van der Waals surface area contributed by atoms with Crippen LogP contribution in [0.3, 0.4) is 0 Å². The van der Waals surface area contributed by atoms with Crippen LogP contribution < -0.4 is 5.32 Å². The minimum atomic E-state index is -1.24. The standard InChI is InChI=1S/C11H19NO6/c1-3-6(2)9(11(17)18)12-7(10(15)16)4-5-8(13)14/h6-7,9,12H,3-5H2,1-2H3,(H,13,14)(H,15,16)(H,17,18). The Bertz CT molecular complexity index is 317. The van der Waals surface area contributed by atoms with Crippen LogP contribution in [0, 0.1) is 5.92 Å². The first kappa shape index (κ1) is 16.4. The highest BCUT2D eigenvalue weighted by atomic mass is 16.4. The van der Waals surface area contributed by atoms with Gasteiger partial charge in [-0.2, -0.15) is 0 Å². The third-order valence-electron chi connectivity index (χ3n) is 2.80. The van der Waals surface area contributed by atoms with Gasteiger partial charge in [0.1, 0.15) is 12.1 Å². The summed E-state index contributed by atoms with van der Waals surface area (Å²) in [6, 6.07) is -2.17. The fraction of sp³-hybridized carbons (Fsp3) is 0.727. The maximum absolute atomic E-state index is 11.0. The van der Waals surface area contributed by atoms with Crippen LogP contribution in [-0.2, 0) is 14.4 Å². The molecule has 0 radical (unpaired) electrons. The minimum absolute atomic E-state index is 0.148. The van der Waals surface area contributed by atoms with Crippen LogP contribution in [0.15, 0.2) is 0 Å². The molecule has 0 fully saturated rings. The lowest BCUT2D eigenvalue weighted by atomic mass is 9.97. The van der Waals surface area contributed by atoms with Gasteiger partial charge in [0.05, 0.1) is 0 Å². The van der Waals surface area contributed by atoms with Crippen molar-refractivity contribution in [2.45, 2.75) is 45.2 Å². The summed E-state index contributed by atoms with van der Waals surface area (Å²) in [4.78, 5) is 32.4. The summed E-state index contributed by atoms with van der Waals surface area (Å²) in [5, 5.41) is 28.9. The Balaban J connectivity index is 4.66. The highest BCUT2D eigenvalue weighted by molar-refractivity contribution is 5.78. The second-order valence-corrected chi connectivity index (χ2v) is 4.19. The molecular formula is C11H19NO6. The summed E-state index contributed by atoms with van der Waals surface area (Å²) >= 11 is 0. The number of nitrogens with one attached hydrogen (secondary N) is 1. The van der Waals surface area contributed by atoms with Crippen molar-refractivity contribution in [3.8, 4) is 0 Å². The molecule has 7 nitrogen and oxygen atoms in total. The van der Waals surface area contributed by atoms with E-state index < -0.39 is 30.0 Å². The van der Waals surface area contributed by atoms with Gasteiger partial charge in [-0.1, -0.05) is 20.3 Å². The van der Waals surface area contributed by atoms with Gasteiger partial charge in [0.15, 0.2) is 0 Å². The fourth-order valence-corrected chi connectivity index (χ4v) is 1.48. The highest BCUT2D eigenvalue weighted by Crippen LogP contribution is 2.10. The lowest BCUT2D eigenvalue weighted by molar-refractivity contribution is -0.143. The predicted octanol–water partition coefficient (Wildman–Crippen LogP) is 0.393. The van der Waals surface area contributed by atoms with Crippen molar-refractivity contribution in [3.05, 3.63) is 0 Å². The van der Waals surface area contributed by atoms with Gasteiger partial charge < -0.3 is 15.3 Å². The molecule has 0 heterocycles. The molecule has 0 aromatic carbocycles. The number of aliphatic carboxylic acids is 3. The van der Waals surface area contributed by atoms with E-state index in [1.165, 1.54) is 0 Å². The third kappa shape index (κ3) is 5.62. The zero-order valence-corrected chi connectivity index (χ0v) is 10.4. The molecule has 7 heteroatoms. The molecule has 0 aliphatic heterocycles. The van der Waals surface area contributed by atoms with Gasteiger partial charge in [0, 0.05) is 6.42 Å². The quantitative estimate of drug-likeness (QED) is 0.473. The minimum Gasteiger partial charge on any atom is -0.481 e. The lowest BCUT2D eigenvalue weighted by Crippen LogP contribution is -2.50. The van der Waals surface area contributed by atoms with Crippen molar-refractivity contribution >= 4 is 17.9 Å². The van der Waals surface area contributed by atoms with E-state index in [4.69, 9.17) is 15.3 Å². The Hall–Kier alpha value is -1.63. The average molecular weight is 261 g/mol.